The zero-order valence-corrected chi connectivity index (χ0v) is 15.5. The third-order valence-corrected chi connectivity index (χ3v) is 4.48. The molecule has 3 rings (SSSR count). The van der Waals surface area contributed by atoms with Gasteiger partial charge < -0.3 is 10.5 Å². The van der Waals surface area contributed by atoms with Crippen molar-refractivity contribution in [1.82, 2.24) is 9.88 Å². The Morgan fingerprint density at radius 1 is 1.25 bits per heavy atom. The summed E-state index contributed by atoms with van der Waals surface area (Å²) >= 11 is 0. The van der Waals surface area contributed by atoms with E-state index in [4.69, 9.17) is 5.73 Å². The SMILES string of the molecule is CC#Cc1cc(C2(c3ccc(OC(F)F)c(C)c3)N=C(N)N(C)C2=O)ccn1. The molecule has 2 heterocycles. The average Bonchev–Trinajstić information content (AvgIpc) is 2.88. The van der Waals surface area contributed by atoms with Gasteiger partial charge in [-0.3, -0.25) is 9.69 Å². The van der Waals surface area contributed by atoms with Gasteiger partial charge in [0.1, 0.15) is 11.4 Å². The summed E-state index contributed by atoms with van der Waals surface area (Å²) in [5, 5.41) is 0. The van der Waals surface area contributed by atoms with Crippen molar-refractivity contribution in [3.8, 4) is 17.6 Å². The fourth-order valence-corrected chi connectivity index (χ4v) is 3.14. The smallest absolute Gasteiger partial charge is 0.387 e. The molecule has 1 aromatic carbocycles. The van der Waals surface area contributed by atoms with Crippen LogP contribution in [0, 0.1) is 18.8 Å². The molecule has 0 aliphatic carbocycles. The lowest BCUT2D eigenvalue weighted by Gasteiger charge is -2.26. The zero-order chi connectivity index (χ0) is 20.5. The third-order valence-electron chi connectivity index (χ3n) is 4.48. The largest absolute Gasteiger partial charge is 0.435 e. The lowest BCUT2D eigenvalue weighted by molar-refractivity contribution is -0.129. The van der Waals surface area contributed by atoms with Crippen LogP contribution < -0.4 is 10.5 Å². The van der Waals surface area contributed by atoms with Crippen molar-refractivity contribution in [2.45, 2.75) is 26.0 Å². The summed E-state index contributed by atoms with van der Waals surface area (Å²) in [6.45, 7) is 0.354. The zero-order valence-electron chi connectivity index (χ0n) is 15.5. The predicted molar refractivity (Wildman–Crippen MR) is 99.8 cm³/mol. The summed E-state index contributed by atoms with van der Waals surface area (Å²) in [5.74, 6) is 5.32. The Morgan fingerprint density at radius 3 is 2.54 bits per heavy atom. The van der Waals surface area contributed by atoms with E-state index >= 15 is 0 Å². The Morgan fingerprint density at radius 2 is 1.96 bits per heavy atom. The van der Waals surface area contributed by atoms with Crippen LogP contribution in [0.25, 0.3) is 0 Å². The van der Waals surface area contributed by atoms with Crippen molar-refractivity contribution in [3.63, 3.8) is 0 Å². The van der Waals surface area contributed by atoms with Gasteiger partial charge in [0, 0.05) is 13.2 Å². The molecule has 1 aliphatic rings. The normalized spacial score (nSPS) is 18.7. The first-order valence-corrected chi connectivity index (χ1v) is 8.38. The number of amides is 1. The molecule has 6 nitrogen and oxygen atoms in total. The molecule has 28 heavy (non-hydrogen) atoms. The van der Waals surface area contributed by atoms with Gasteiger partial charge in [0.2, 0.25) is 0 Å². The van der Waals surface area contributed by atoms with Crippen LogP contribution in [-0.4, -0.2) is 35.4 Å². The Hall–Kier alpha value is -3.47. The highest BCUT2D eigenvalue weighted by Crippen LogP contribution is 2.40. The van der Waals surface area contributed by atoms with Gasteiger partial charge in [-0.25, -0.2) is 9.98 Å². The number of pyridine rings is 1. The van der Waals surface area contributed by atoms with E-state index in [1.807, 2.05) is 0 Å². The minimum atomic E-state index is -2.94. The Balaban J connectivity index is 2.22. The maximum absolute atomic E-state index is 13.2. The quantitative estimate of drug-likeness (QED) is 0.821. The van der Waals surface area contributed by atoms with Crippen LogP contribution >= 0.6 is 0 Å². The van der Waals surface area contributed by atoms with E-state index in [1.165, 1.54) is 30.3 Å². The summed E-state index contributed by atoms with van der Waals surface area (Å²) in [6, 6.07) is 7.85. The second kappa shape index (κ2) is 7.27. The van der Waals surface area contributed by atoms with Crippen LogP contribution in [-0.2, 0) is 10.3 Å². The number of halogens is 2. The number of nitrogens with zero attached hydrogens (tertiary/aromatic N) is 3. The molecule has 0 fully saturated rings. The molecule has 0 spiro atoms. The lowest BCUT2D eigenvalue weighted by atomic mass is 9.82. The van der Waals surface area contributed by atoms with Gasteiger partial charge in [0.25, 0.3) is 5.91 Å². The fraction of sp³-hybridized carbons (Fsp3) is 0.250. The van der Waals surface area contributed by atoms with Crippen LogP contribution in [0.15, 0.2) is 41.5 Å². The van der Waals surface area contributed by atoms with E-state index < -0.39 is 12.2 Å². The monoisotopic (exact) mass is 384 g/mol. The van der Waals surface area contributed by atoms with Crippen LogP contribution in [0.5, 0.6) is 5.75 Å². The van der Waals surface area contributed by atoms with Crippen molar-refractivity contribution in [3.05, 3.63) is 58.9 Å². The molecule has 0 saturated heterocycles. The van der Waals surface area contributed by atoms with Crippen molar-refractivity contribution < 1.29 is 18.3 Å². The minimum absolute atomic E-state index is 0.0249. The number of likely N-dealkylation sites (N-methyl/N-ethyl adjacent to an activating group) is 1. The first-order chi connectivity index (χ1) is 13.3. The molecule has 1 atom stereocenters. The number of nitrogens with two attached hydrogens (primary N) is 1. The number of aryl methyl sites for hydroxylation is 1. The van der Waals surface area contributed by atoms with Crippen LogP contribution in [0.4, 0.5) is 8.78 Å². The first-order valence-electron chi connectivity index (χ1n) is 8.38. The molecule has 144 valence electrons. The molecule has 0 radical (unpaired) electrons. The number of benzene rings is 1. The van der Waals surface area contributed by atoms with E-state index in [0.717, 1.165) is 0 Å². The number of carbonyl (C=O) groups is 1. The van der Waals surface area contributed by atoms with Gasteiger partial charge in [0.15, 0.2) is 11.5 Å². The van der Waals surface area contributed by atoms with E-state index in [2.05, 4.69) is 26.6 Å². The molecule has 2 N–H and O–H groups in total. The number of ether oxygens (including phenoxy) is 1. The minimum Gasteiger partial charge on any atom is -0.435 e. The number of carbonyl (C=O) groups excluding carboxylic acids is 1. The number of guanidine groups is 1. The number of aliphatic imine (C=N–C) groups is 1. The third kappa shape index (κ3) is 3.16. The molecule has 1 amide bonds. The Kier molecular flexibility index (Phi) is 5.01. The number of aromatic nitrogens is 1. The lowest BCUT2D eigenvalue weighted by Crippen LogP contribution is -2.41. The summed E-state index contributed by atoms with van der Waals surface area (Å²) in [4.78, 5) is 23.1. The number of rotatable bonds is 4. The summed E-state index contributed by atoms with van der Waals surface area (Å²) in [6.07, 6.45) is 1.54. The highest BCUT2D eigenvalue weighted by atomic mass is 19.3. The molecule has 2 aromatic rings. The van der Waals surface area contributed by atoms with Gasteiger partial charge in [0.05, 0.1) is 0 Å². The second-order valence-electron chi connectivity index (χ2n) is 6.21. The summed E-state index contributed by atoms with van der Waals surface area (Å²) in [5.41, 5.74) is 6.40. The molecule has 0 bridgehead atoms. The standard InChI is InChI=1S/C20H18F2N4O2/c1-4-5-15-11-14(8-9-24-15)20(17(27)26(3)19(23)25-20)13-6-7-16(12(2)10-13)28-18(21)22/h6-11,18H,1-3H3,(H2,23,25). The van der Waals surface area contributed by atoms with Crippen LogP contribution in [0.3, 0.4) is 0 Å². The topological polar surface area (TPSA) is 80.8 Å². The number of hydrogen-bond donors (Lipinski definition) is 1. The highest BCUT2D eigenvalue weighted by Gasteiger charge is 2.49. The van der Waals surface area contributed by atoms with E-state index in [1.54, 1.807) is 32.0 Å². The highest BCUT2D eigenvalue weighted by molar-refractivity contribution is 6.08. The van der Waals surface area contributed by atoms with Gasteiger partial charge >= 0.3 is 6.61 Å². The van der Waals surface area contributed by atoms with E-state index in [9.17, 15) is 13.6 Å². The molecule has 1 aromatic heterocycles. The molecule has 0 saturated carbocycles. The molecule has 8 heteroatoms. The van der Waals surface area contributed by atoms with Crippen molar-refractivity contribution in [2.75, 3.05) is 7.05 Å². The second-order valence-corrected chi connectivity index (χ2v) is 6.21. The number of alkyl halides is 2. The maximum Gasteiger partial charge on any atom is 0.387 e. The number of hydrogen-bond acceptors (Lipinski definition) is 5. The first kappa shape index (κ1) is 19.3. The van der Waals surface area contributed by atoms with E-state index in [-0.39, 0.29) is 17.6 Å². The average molecular weight is 384 g/mol. The van der Waals surface area contributed by atoms with Gasteiger partial charge in [-0.1, -0.05) is 12.0 Å². The van der Waals surface area contributed by atoms with Crippen LogP contribution in [0.1, 0.15) is 29.3 Å². The van der Waals surface area contributed by atoms with Crippen molar-refractivity contribution >= 4 is 11.9 Å². The van der Waals surface area contributed by atoms with E-state index in [0.29, 0.717) is 22.4 Å². The van der Waals surface area contributed by atoms with Crippen molar-refractivity contribution in [1.29, 1.82) is 0 Å². The molecular formula is C20H18F2N4O2. The van der Waals surface area contributed by atoms with Crippen LogP contribution in [0.2, 0.25) is 0 Å². The molecule has 1 aliphatic heterocycles. The Bertz CT molecular complexity index is 1030. The van der Waals surface area contributed by atoms with Crippen molar-refractivity contribution in [2.24, 2.45) is 10.7 Å². The van der Waals surface area contributed by atoms with Gasteiger partial charge in [-0.2, -0.15) is 8.78 Å². The maximum atomic E-state index is 13.2. The van der Waals surface area contributed by atoms with Gasteiger partial charge in [-0.15, -0.1) is 0 Å². The fourth-order valence-electron chi connectivity index (χ4n) is 3.14. The molecular weight excluding hydrogens is 366 g/mol. The summed E-state index contributed by atoms with van der Waals surface area (Å²) < 4.78 is 29.7. The van der Waals surface area contributed by atoms with Gasteiger partial charge in [-0.05, 0) is 60.7 Å². The molecule has 1 unspecified atom stereocenters. The Labute approximate surface area is 161 Å². The predicted octanol–water partition coefficient (Wildman–Crippen LogP) is 2.39. The summed E-state index contributed by atoms with van der Waals surface area (Å²) in [7, 11) is 1.53.